The minimum absolute atomic E-state index is 0.00673. The summed E-state index contributed by atoms with van der Waals surface area (Å²) >= 11 is 0. The quantitative estimate of drug-likeness (QED) is 0.583. The fraction of sp³-hybridized carbons (Fsp3) is 0.167. The fourth-order valence-corrected chi connectivity index (χ4v) is 2.74. The first-order valence-corrected chi connectivity index (χ1v) is 7.70. The largest absolute Gasteiger partial charge is 0.326 e. The first-order chi connectivity index (χ1) is 11.6. The lowest BCUT2D eigenvalue weighted by Gasteiger charge is -2.06. The number of aromatic nitrogens is 2. The summed E-state index contributed by atoms with van der Waals surface area (Å²) in [7, 11) is 0. The number of rotatable bonds is 1. The standard InChI is InChI=1S/C16H10FN3O2.C2H6/c17-9-2-4-13-11(6-9)14(21)15-19-12-5-8(7-18)1-3-10(12)16(22)20(13)15;1-2/h1-6H,7,18H2;1-2H3. The van der Waals surface area contributed by atoms with Gasteiger partial charge >= 0.3 is 0 Å². The zero-order valence-corrected chi connectivity index (χ0v) is 13.3. The molecule has 5 nitrogen and oxygen atoms in total. The Morgan fingerprint density at radius 3 is 2.58 bits per heavy atom. The summed E-state index contributed by atoms with van der Waals surface area (Å²) in [6.45, 7) is 4.31. The number of hydrogen-bond donors (Lipinski definition) is 1. The molecule has 122 valence electrons. The number of nitrogens with zero attached hydrogens (tertiary/aromatic N) is 2. The molecule has 0 spiro atoms. The smallest absolute Gasteiger partial charge is 0.266 e. The molecule has 0 radical (unpaired) electrons. The number of nitrogens with two attached hydrogens (primary N) is 1. The molecule has 3 aromatic rings. The molecule has 0 bridgehead atoms. The maximum atomic E-state index is 13.4. The van der Waals surface area contributed by atoms with E-state index in [1.54, 1.807) is 18.2 Å². The first-order valence-electron chi connectivity index (χ1n) is 7.70. The van der Waals surface area contributed by atoms with Crippen LogP contribution in [0, 0.1) is 5.82 Å². The predicted octanol–water partition coefficient (Wildman–Crippen LogP) is 2.55. The van der Waals surface area contributed by atoms with Crippen LogP contribution in [-0.2, 0) is 6.54 Å². The van der Waals surface area contributed by atoms with Crippen LogP contribution in [0.3, 0.4) is 0 Å². The Bertz CT molecular complexity index is 1020. The zero-order chi connectivity index (χ0) is 17.4. The number of halogens is 1. The molecular formula is C18H16FN3O2. The third-order valence-corrected chi connectivity index (χ3v) is 3.82. The van der Waals surface area contributed by atoms with E-state index in [-0.39, 0.29) is 16.9 Å². The molecule has 0 aliphatic carbocycles. The number of carbonyl (C=O) groups is 1. The van der Waals surface area contributed by atoms with Gasteiger partial charge in [-0.3, -0.25) is 14.2 Å². The van der Waals surface area contributed by atoms with Gasteiger partial charge in [-0.25, -0.2) is 9.37 Å². The van der Waals surface area contributed by atoms with Gasteiger partial charge in [0.15, 0.2) is 5.82 Å². The Morgan fingerprint density at radius 2 is 1.88 bits per heavy atom. The maximum absolute atomic E-state index is 13.4. The average Bonchev–Trinajstić information content (AvgIpc) is 2.89. The molecule has 0 unspecified atom stereocenters. The lowest BCUT2D eigenvalue weighted by atomic mass is 10.1. The number of benzene rings is 2. The van der Waals surface area contributed by atoms with Crippen LogP contribution in [0.1, 0.15) is 35.6 Å². The topological polar surface area (TPSA) is 78.0 Å². The van der Waals surface area contributed by atoms with Crippen LogP contribution in [0.25, 0.3) is 16.6 Å². The van der Waals surface area contributed by atoms with Gasteiger partial charge in [0.1, 0.15) is 5.82 Å². The molecule has 1 aliphatic rings. The van der Waals surface area contributed by atoms with Gasteiger partial charge in [-0.15, -0.1) is 0 Å². The van der Waals surface area contributed by atoms with E-state index in [1.807, 2.05) is 13.8 Å². The molecule has 24 heavy (non-hydrogen) atoms. The summed E-state index contributed by atoms with van der Waals surface area (Å²) in [5.74, 6) is -0.971. The molecule has 2 N–H and O–H groups in total. The van der Waals surface area contributed by atoms with Crippen molar-refractivity contribution in [1.82, 2.24) is 9.55 Å². The fourth-order valence-electron chi connectivity index (χ4n) is 2.74. The van der Waals surface area contributed by atoms with E-state index < -0.39 is 11.6 Å². The first kappa shape index (κ1) is 16.0. The van der Waals surface area contributed by atoms with Crippen molar-refractivity contribution >= 4 is 16.7 Å². The monoisotopic (exact) mass is 325 g/mol. The Kier molecular flexibility index (Phi) is 3.99. The number of ketones is 1. The molecule has 0 fully saturated rings. The van der Waals surface area contributed by atoms with E-state index in [4.69, 9.17) is 5.73 Å². The lowest BCUT2D eigenvalue weighted by Crippen LogP contribution is -2.21. The molecule has 0 amide bonds. The summed E-state index contributed by atoms with van der Waals surface area (Å²) in [5.41, 5.74) is 6.99. The predicted molar refractivity (Wildman–Crippen MR) is 90.0 cm³/mol. The molecule has 6 heteroatoms. The van der Waals surface area contributed by atoms with E-state index in [1.165, 1.54) is 16.7 Å². The third-order valence-electron chi connectivity index (χ3n) is 3.82. The summed E-state index contributed by atoms with van der Waals surface area (Å²) in [6, 6.07) is 8.85. The van der Waals surface area contributed by atoms with Gasteiger partial charge in [-0.1, -0.05) is 19.9 Å². The summed E-state index contributed by atoms with van der Waals surface area (Å²) in [6.07, 6.45) is 0. The molecule has 2 aromatic carbocycles. The van der Waals surface area contributed by atoms with Crippen molar-refractivity contribution in [2.75, 3.05) is 0 Å². The summed E-state index contributed by atoms with van der Waals surface area (Å²) in [5, 5.41) is 0.394. The van der Waals surface area contributed by atoms with Crippen molar-refractivity contribution in [3.8, 4) is 5.69 Å². The second-order valence-corrected chi connectivity index (χ2v) is 5.12. The Hall–Kier alpha value is -2.86. The van der Waals surface area contributed by atoms with Crippen molar-refractivity contribution in [1.29, 1.82) is 0 Å². The number of fused-ring (bicyclic) bond motifs is 4. The molecule has 0 saturated carbocycles. The molecule has 1 aromatic heterocycles. The van der Waals surface area contributed by atoms with Gasteiger partial charge < -0.3 is 5.73 Å². The normalized spacial score (nSPS) is 11.8. The molecule has 0 atom stereocenters. The van der Waals surface area contributed by atoms with Crippen LogP contribution in [0.15, 0.2) is 41.2 Å². The van der Waals surface area contributed by atoms with Crippen molar-refractivity contribution in [2.45, 2.75) is 20.4 Å². The van der Waals surface area contributed by atoms with Crippen LogP contribution in [0.2, 0.25) is 0 Å². The molecular weight excluding hydrogens is 309 g/mol. The average molecular weight is 325 g/mol. The highest BCUT2D eigenvalue weighted by molar-refractivity contribution is 6.13. The molecule has 4 rings (SSSR count). The van der Waals surface area contributed by atoms with Crippen molar-refractivity contribution in [3.63, 3.8) is 0 Å². The highest BCUT2D eigenvalue weighted by atomic mass is 19.1. The summed E-state index contributed by atoms with van der Waals surface area (Å²) < 4.78 is 14.6. The second-order valence-electron chi connectivity index (χ2n) is 5.12. The van der Waals surface area contributed by atoms with Crippen LogP contribution in [-0.4, -0.2) is 15.3 Å². The molecule has 2 heterocycles. The lowest BCUT2D eigenvalue weighted by molar-refractivity contribution is 0.103. The zero-order valence-electron chi connectivity index (χ0n) is 13.3. The number of hydrogen-bond acceptors (Lipinski definition) is 4. The van der Waals surface area contributed by atoms with Gasteiger partial charge in [0.05, 0.1) is 22.2 Å². The maximum Gasteiger partial charge on any atom is 0.266 e. The third kappa shape index (κ3) is 2.23. The van der Waals surface area contributed by atoms with Gasteiger partial charge in [0, 0.05) is 6.54 Å². The Morgan fingerprint density at radius 1 is 1.12 bits per heavy atom. The summed E-state index contributed by atoms with van der Waals surface area (Å²) in [4.78, 5) is 29.3. The number of carbonyl (C=O) groups excluding carboxylic acids is 1. The van der Waals surface area contributed by atoms with E-state index in [0.29, 0.717) is 23.1 Å². The van der Waals surface area contributed by atoms with E-state index >= 15 is 0 Å². The van der Waals surface area contributed by atoms with Crippen molar-refractivity contribution in [2.24, 2.45) is 5.73 Å². The van der Waals surface area contributed by atoms with Crippen molar-refractivity contribution < 1.29 is 9.18 Å². The van der Waals surface area contributed by atoms with Crippen LogP contribution in [0.5, 0.6) is 0 Å². The van der Waals surface area contributed by atoms with Gasteiger partial charge in [0.25, 0.3) is 5.56 Å². The second kappa shape index (κ2) is 5.98. The Labute approximate surface area is 137 Å². The molecule has 1 aliphatic heterocycles. The van der Waals surface area contributed by atoms with E-state index in [2.05, 4.69) is 4.98 Å². The van der Waals surface area contributed by atoms with E-state index in [0.717, 1.165) is 11.6 Å². The van der Waals surface area contributed by atoms with Gasteiger partial charge in [-0.05, 0) is 35.9 Å². The van der Waals surface area contributed by atoms with Crippen LogP contribution < -0.4 is 11.3 Å². The van der Waals surface area contributed by atoms with E-state index in [9.17, 15) is 14.0 Å². The highest BCUT2D eigenvalue weighted by Gasteiger charge is 2.30. The SMILES string of the molecule is CC.NCc1ccc2c(=O)n3c(nc2c1)C(=O)c1cc(F)ccc1-3. The highest BCUT2D eigenvalue weighted by Crippen LogP contribution is 2.27. The van der Waals surface area contributed by atoms with Crippen LogP contribution >= 0.6 is 0 Å². The minimum Gasteiger partial charge on any atom is -0.326 e. The molecule has 0 saturated heterocycles. The van der Waals surface area contributed by atoms with Crippen molar-refractivity contribution in [3.05, 3.63) is 69.5 Å². The van der Waals surface area contributed by atoms with Gasteiger partial charge in [-0.2, -0.15) is 0 Å². The van der Waals surface area contributed by atoms with Crippen LogP contribution in [0.4, 0.5) is 4.39 Å². The Balaban J connectivity index is 0.000000815. The van der Waals surface area contributed by atoms with Gasteiger partial charge in [0.2, 0.25) is 5.78 Å². The minimum atomic E-state index is -0.525.